The van der Waals surface area contributed by atoms with Crippen molar-refractivity contribution in [2.75, 3.05) is 6.54 Å². The molecule has 2 aromatic carbocycles. The minimum absolute atomic E-state index is 0.0254. The Bertz CT molecular complexity index is 960. The van der Waals surface area contributed by atoms with Gasteiger partial charge in [0.05, 0.1) is 4.90 Å². The number of benzene rings is 2. The van der Waals surface area contributed by atoms with Crippen molar-refractivity contribution in [3.63, 3.8) is 0 Å². The van der Waals surface area contributed by atoms with Crippen LogP contribution in [0.1, 0.15) is 21.2 Å². The molecule has 0 spiro atoms. The van der Waals surface area contributed by atoms with Crippen molar-refractivity contribution in [3.8, 4) is 0 Å². The monoisotopic (exact) mass is 366 g/mol. The number of nitrogens with one attached hydrogen (secondary N) is 1. The van der Waals surface area contributed by atoms with Crippen LogP contribution in [0.5, 0.6) is 0 Å². The lowest BCUT2D eigenvalue weighted by Gasteiger charge is -2.19. The summed E-state index contributed by atoms with van der Waals surface area (Å²) in [5.74, 6) is -0.336. The lowest BCUT2D eigenvalue weighted by atomic mass is 10.1. The molecule has 1 heterocycles. The zero-order chi connectivity index (χ0) is 18.4. The first-order valence-corrected chi connectivity index (χ1v) is 9.66. The van der Waals surface area contributed by atoms with E-state index >= 15 is 0 Å². The Labute approximate surface area is 152 Å². The second kappa shape index (κ2) is 7.93. The Hall–Kier alpha value is -2.99. The third-order valence-electron chi connectivity index (χ3n) is 4.01. The molecule has 1 amide bonds. The molecule has 0 aliphatic rings. The average molecular weight is 366 g/mol. The maximum atomic E-state index is 13.1. The fourth-order valence-electron chi connectivity index (χ4n) is 2.64. The van der Waals surface area contributed by atoms with E-state index < -0.39 is 15.1 Å². The second-order valence-corrected chi connectivity index (χ2v) is 7.83. The van der Waals surface area contributed by atoms with Crippen LogP contribution in [-0.2, 0) is 9.84 Å². The normalized spacial score (nSPS) is 12.3. The van der Waals surface area contributed by atoms with Gasteiger partial charge >= 0.3 is 0 Å². The van der Waals surface area contributed by atoms with Gasteiger partial charge in [0.2, 0.25) is 0 Å². The van der Waals surface area contributed by atoms with Gasteiger partial charge in [0.25, 0.3) is 5.91 Å². The van der Waals surface area contributed by atoms with Gasteiger partial charge in [-0.2, -0.15) is 0 Å². The van der Waals surface area contributed by atoms with E-state index in [1.54, 1.807) is 66.7 Å². The van der Waals surface area contributed by atoms with Crippen LogP contribution in [0.15, 0.2) is 90.1 Å². The molecule has 6 heteroatoms. The van der Waals surface area contributed by atoms with E-state index in [4.69, 9.17) is 0 Å². The van der Waals surface area contributed by atoms with Gasteiger partial charge in [0.1, 0.15) is 5.25 Å². The van der Waals surface area contributed by atoms with Gasteiger partial charge in [-0.05, 0) is 29.8 Å². The van der Waals surface area contributed by atoms with Gasteiger partial charge in [-0.1, -0.05) is 48.5 Å². The van der Waals surface area contributed by atoms with Crippen molar-refractivity contribution < 1.29 is 13.2 Å². The molecule has 1 N–H and O–H groups in total. The number of amides is 1. The topological polar surface area (TPSA) is 76.1 Å². The van der Waals surface area contributed by atoms with Gasteiger partial charge in [-0.25, -0.2) is 8.42 Å². The Morgan fingerprint density at radius 2 is 1.46 bits per heavy atom. The van der Waals surface area contributed by atoms with Gasteiger partial charge in [-0.3, -0.25) is 9.78 Å². The maximum Gasteiger partial charge on any atom is 0.251 e. The van der Waals surface area contributed by atoms with Crippen LogP contribution < -0.4 is 5.32 Å². The molecular weight excluding hydrogens is 348 g/mol. The third kappa shape index (κ3) is 3.97. The molecule has 0 unspecified atom stereocenters. The number of sulfone groups is 1. The molecule has 1 aromatic heterocycles. The largest absolute Gasteiger partial charge is 0.350 e. The molecule has 0 aliphatic carbocycles. The van der Waals surface area contributed by atoms with Crippen molar-refractivity contribution in [2.24, 2.45) is 0 Å². The molecule has 5 nitrogen and oxygen atoms in total. The van der Waals surface area contributed by atoms with Crippen LogP contribution in [0, 0.1) is 0 Å². The van der Waals surface area contributed by atoms with E-state index in [0.29, 0.717) is 11.1 Å². The standard InChI is InChI=1S/C20H18N2O3S/c23-20(17-11-13-21-14-12-17)22-15-19(16-7-3-1-4-8-16)26(24,25)18-9-5-2-6-10-18/h1-14,19H,15H2,(H,22,23)/t19-/m0/s1. The summed E-state index contributed by atoms with van der Waals surface area (Å²) in [5.41, 5.74) is 1.07. The number of aromatic nitrogens is 1. The maximum absolute atomic E-state index is 13.1. The highest BCUT2D eigenvalue weighted by Crippen LogP contribution is 2.28. The summed E-state index contributed by atoms with van der Waals surface area (Å²) in [5, 5.41) is 1.85. The SMILES string of the molecule is O=C(NC[C@@H](c1ccccc1)S(=O)(=O)c1ccccc1)c1ccncc1. The van der Waals surface area contributed by atoms with Gasteiger partial charge in [0.15, 0.2) is 9.84 Å². The summed E-state index contributed by atoms with van der Waals surface area (Å²) in [6, 6.07) is 20.3. The Morgan fingerprint density at radius 3 is 2.08 bits per heavy atom. The molecule has 3 rings (SSSR count). The van der Waals surface area contributed by atoms with Gasteiger partial charge in [0, 0.05) is 24.5 Å². The minimum atomic E-state index is -3.66. The van der Waals surface area contributed by atoms with Crippen molar-refractivity contribution in [1.82, 2.24) is 10.3 Å². The number of pyridine rings is 1. The first-order valence-electron chi connectivity index (χ1n) is 8.11. The molecule has 0 bridgehead atoms. The zero-order valence-electron chi connectivity index (χ0n) is 13.9. The highest BCUT2D eigenvalue weighted by Gasteiger charge is 2.29. The first kappa shape index (κ1) is 17.8. The van der Waals surface area contributed by atoms with Crippen LogP contribution >= 0.6 is 0 Å². The van der Waals surface area contributed by atoms with Crippen LogP contribution in [0.4, 0.5) is 0 Å². The molecular formula is C20H18N2O3S. The summed E-state index contributed by atoms with van der Waals surface area (Å²) >= 11 is 0. The van der Waals surface area contributed by atoms with E-state index in [2.05, 4.69) is 10.3 Å². The van der Waals surface area contributed by atoms with Crippen molar-refractivity contribution >= 4 is 15.7 Å². The third-order valence-corrected chi connectivity index (χ3v) is 6.13. The first-order chi connectivity index (χ1) is 12.6. The lowest BCUT2D eigenvalue weighted by Crippen LogP contribution is -2.32. The van der Waals surface area contributed by atoms with Gasteiger partial charge < -0.3 is 5.32 Å². The number of carbonyl (C=O) groups excluding carboxylic acids is 1. The minimum Gasteiger partial charge on any atom is -0.350 e. The highest BCUT2D eigenvalue weighted by molar-refractivity contribution is 7.91. The number of rotatable bonds is 6. The molecule has 0 saturated heterocycles. The lowest BCUT2D eigenvalue weighted by molar-refractivity contribution is 0.0953. The summed E-state index contributed by atoms with van der Waals surface area (Å²) in [4.78, 5) is 16.4. The predicted octanol–water partition coefficient (Wildman–Crippen LogP) is 3.03. The summed E-state index contributed by atoms with van der Waals surface area (Å²) in [7, 11) is -3.66. The van der Waals surface area contributed by atoms with Crippen molar-refractivity contribution in [2.45, 2.75) is 10.1 Å². The molecule has 26 heavy (non-hydrogen) atoms. The van der Waals surface area contributed by atoms with Crippen molar-refractivity contribution in [1.29, 1.82) is 0 Å². The Kier molecular flexibility index (Phi) is 5.43. The van der Waals surface area contributed by atoms with Crippen LogP contribution in [0.3, 0.4) is 0 Å². The van der Waals surface area contributed by atoms with E-state index in [0.717, 1.165) is 0 Å². The smallest absolute Gasteiger partial charge is 0.251 e. The summed E-state index contributed by atoms with van der Waals surface area (Å²) in [6.07, 6.45) is 3.04. The van der Waals surface area contributed by atoms with E-state index in [1.807, 2.05) is 6.07 Å². The van der Waals surface area contributed by atoms with Crippen LogP contribution in [-0.4, -0.2) is 25.9 Å². The molecule has 3 aromatic rings. The number of nitrogens with zero attached hydrogens (tertiary/aromatic N) is 1. The zero-order valence-corrected chi connectivity index (χ0v) is 14.8. The average Bonchev–Trinajstić information content (AvgIpc) is 2.70. The molecule has 1 atom stereocenters. The second-order valence-electron chi connectivity index (χ2n) is 5.70. The highest BCUT2D eigenvalue weighted by atomic mass is 32.2. The Morgan fingerprint density at radius 1 is 0.885 bits per heavy atom. The van der Waals surface area contributed by atoms with E-state index in [-0.39, 0.29) is 17.3 Å². The van der Waals surface area contributed by atoms with E-state index in [1.165, 1.54) is 12.4 Å². The fourth-order valence-corrected chi connectivity index (χ4v) is 4.32. The summed E-state index contributed by atoms with van der Waals surface area (Å²) in [6.45, 7) is -0.0254. The Balaban J connectivity index is 1.89. The van der Waals surface area contributed by atoms with Crippen LogP contribution in [0.25, 0.3) is 0 Å². The fraction of sp³-hybridized carbons (Fsp3) is 0.100. The molecule has 0 radical (unpaired) electrons. The quantitative estimate of drug-likeness (QED) is 0.727. The molecule has 0 fully saturated rings. The molecule has 0 saturated carbocycles. The van der Waals surface area contributed by atoms with E-state index in [9.17, 15) is 13.2 Å². The summed E-state index contributed by atoms with van der Waals surface area (Å²) < 4.78 is 26.2. The van der Waals surface area contributed by atoms with Crippen LogP contribution in [0.2, 0.25) is 0 Å². The molecule has 0 aliphatic heterocycles. The predicted molar refractivity (Wildman–Crippen MR) is 99.4 cm³/mol. The number of hydrogen-bond donors (Lipinski definition) is 1. The molecule has 132 valence electrons. The van der Waals surface area contributed by atoms with Gasteiger partial charge in [-0.15, -0.1) is 0 Å². The number of hydrogen-bond acceptors (Lipinski definition) is 4. The van der Waals surface area contributed by atoms with Crippen molar-refractivity contribution in [3.05, 3.63) is 96.3 Å². The number of carbonyl (C=O) groups is 1.